The van der Waals surface area contributed by atoms with E-state index in [1.165, 1.54) is 19.7 Å². The van der Waals surface area contributed by atoms with Crippen LogP contribution in [0.5, 0.6) is 5.75 Å². The van der Waals surface area contributed by atoms with E-state index in [0.717, 1.165) is 55.4 Å². The Bertz CT molecular complexity index is 1170. The van der Waals surface area contributed by atoms with Crippen molar-refractivity contribution in [2.24, 2.45) is 4.99 Å². The summed E-state index contributed by atoms with van der Waals surface area (Å²) in [5.41, 5.74) is 3.47. The molecule has 1 aromatic heterocycles. The number of likely N-dealkylation sites (N-methyl/N-ethyl adjacent to an activating group) is 1. The van der Waals surface area contributed by atoms with Gasteiger partial charge >= 0.3 is 0 Å². The first-order valence-corrected chi connectivity index (χ1v) is 13.6. The Morgan fingerprint density at radius 2 is 1.88 bits per heavy atom. The standard InChI is InChI=1S/C27H32N4OS2/c1-18(2)26-29-24-25(28-22-7-5-6-8-23(22)33-27(24)34-26)31-16-15-30(3)20(17-31)12-9-19-10-13-21(32-4)14-11-19/h5-8,10-11,13-14,18,20H,9,12,15-17H2,1-4H3/t20-/m0/s1. The molecular formula is C27H32N4OS2. The molecule has 34 heavy (non-hydrogen) atoms. The fraction of sp³-hybridized carbons (Fsp3) is 0.407. The highest BCUT2D eigenvalue weighted by atomic mass is 32.2. The zero-order valence-electron chi connectivity index (χ0n) is 20.3. The Morgan fingerprint density at radius 1 is 1.09 bits per heavy atom. The van der Waals surface area contributed by atoms with Crippen LogP contribution >= 0.6 is 23.1 Å². The normalized spacial score (nSPS) is 18.3. The summed E-state index contributed by atoms with van der Waals surface area (Å²) in [5.74, 6) is 2.37. The quantitative estimate of drug-likeness (QED) is 0.433. The number of nitrogens with zero attached hydrogens (tertiary/aromatic N) is 4. The van der Waals surface area contributed by atoms with E-state index >= 15 is 0 Å². The van der Waals surface area contributed by atoms with Gasteiger partial charge in [-0.05, 0) is 49.7 Å². The smallest absolute Gasteiger partial charge is 0.157 e. The maximum Gasteiger partial charge on any atom is 0.157 e. The summed E-state index contributed by atoms with van der Waals surface area (Å²) in [6.45, 7) is 7.40. The fourth-order valence-corrected chi connectivity index (χ4v) is 6.76. The van der Waals surface area contributed by atoms with Gasteiger partial charge in [-0.15, -0.1) is 11.3 Å². The number of ether oxygens (including phenoxy) is 1. The van der Waals surface area contributed by atoms with Crippen LogP contribution < -0.4 is 4.74 Å². The summed E-state index contributed by atoms with van der Waals surface area (Å²) in [4.78, 5) is 16.5. The van der Waals surface area contributed by atoms with Crippen LogP contribution in [0, 0.1) is 0 Å². The van der Waals surface area contributed by atoms with Gasteiger partial charge in [-0.1, -0.05) is 49.9 Å². The number of aromatic nitrogens is 1. The third-order valence-electron chi connectivity index (χ3n) is 6.61. The molecule has 1 atom stereocenters. The van der Waals surface area contributed by atoms with Crippen LogP contribution in [0.15, 0.2) is 62.6 Å². The molecule has 178 valence electrons. The van der Waals surface area contributed by atoms with Crippen molar-refractivity contribution in [1.82, 2.24) is 14.8 Å². The van der Waals surface area contributed by atoms with Crippen LogP contribution in [-0.2, 0) is 6.42 Å². The van der Waals surface area contributed by atoms with E-state index in [1.807, 2.05) is 23.1 Å². The lowest BCUT2D eigenvalue weighted by Crippen LogP contribution is -2.53. The minimum atomic E-state index is 0.416. The van der Waals surface area contributed by atoms with E-state index < -0.39 is 0 Å². The van der Waals surface area contributed by atoms with E-state index in [2.05, 4.69) is 79.2 Å². The van der Waals surface area contributed by atoms with Gasteiger partial charge in [0.15, 0.2) is 5.84 Å². The first-order valence-electron chi connectivity index (χ1n) is 12.0. The lowest BCUT2D eigenvalue weighted by molar-refractivity contribution is 0.134. The Labute approximate surface area is 210 Å². The molecule has 2 aliphatic rings. The molecule has 2 aliphatic heterocycles. The average molecular weight is 493 g/mol. The third kappa shape index (κ3) is 4.88. The highest BCUT2D eigenvalue weighted by Crippen LogP contribution is 2.44. The minimum Gasteiger partial charge on any atom is -0.497 e. The molecule has 5 nitrogen and oxygen atoms in total. The number of aryl methyl sites for hydroxylation is 1. The van der Waals surface area contributed by atoms with Gasteiger partial charge in [-0.3, -0.25) is 4.90 Å². The van der Waals surface area contributed by atoms with Crippen LogP contribution in [0.2, 0.25) is 0 Å². The van der Waals surface area contributed by atoms with Crippen LogP contribution in [0.4, 0.5) is 5.69 Å². The lowest BCUT2D eigenvalue weighted by Gasteiger charge is -2.40. The molecule has 0 saturated carbocycles. The molecule has 0 radical (unpaired) electrons. The van der Waals surface area contributed by atoms with Crippen molar-refractivity contribution in [3.05, 3.63) is 64.8 Å². The van der Waals surface area contributed by atoms with E-state index in [4.69, 9.17) is 14.7 Å². The van der Waals surface area contributed by atoms with Crippen molar-refractivity contribution < 1.29 is 4.74 Å². The molecule has 1 saturated heterocycles. The van der Waals surface area contributed by atoms with Gasteiger partial charge < -0.3 is 9.64 Å². The van der Waals surface area contributed by atoms with Gasteiger partial charge in [0, 0.05) is 36.5 Å². The summed E-state index contributed by atoms with van der Waals surface area (Å²) in [6.07, 6.45) is 2.16. The van der Waals surface area contributed by atoms with Gasteiger partial charge in [0.1, 0.15) is 11.4 Å². The largest absolute Gasteiger partial charge is 0.497 e. The molecule has 7 heteroatoms. The molecule has 5 rings (SSSR count). The molecule has 3 heterocycles. The Morgan fingerprint density at radius 3 is 2.65 bits per heavy atom. The molecule has 0 unspecified atom stereocenters. The number of rotatable bonds is 5. The molecule has 0 spiro atoms. The van der Waals surface area contributed by atoms with E-state index in [1.54, 1.807) is 7.11 Å². The minimum absolute atomic E-state index is 0.416. The maximum absolute atomic E-state index is 5.31. The third-order valence-corrected chi connectivity index (χ3v) is 9.21. The van der Waals surface area contributed by atoms with Gasteiger partial charge in [0.2, 0.25) is 0 Å². The summed E-state index contributed by atoms with van der Waals surface area (Å²) in [6, 6.07) is 17.4. The molecule has 2 aromatic carbocycles. The number of aliphatic imine (C=N–C) groups is 1. The molecule has 0 bridgehead atoms. The van der Waals surface area contributed by atoms with Crippen molar-refractivity contribution in [2.45, 2.75) is 47.8 Å². The predicted octanol–water partition coefficient (Wildman–Crippen LogP) is 6.07. The number of amidine groups is 1. The predicted molar refractivity (Wildman–Crippen MR) is 142 cm³/mol. The molecule has 0 aliphatic carbocycles. The average Bonchev–Trinajstić information content (AvgIpc) is 3.20. The Hall–Kier alpha value is -2.35. The molecule has 0 amide bonds. The second-order valence-corrected chi connectivity index (χ2v) is 11.7. The van der Waals surface area contributed by atoms with Gasteiger partial charge in [-0.25, -0.2) is 9.98 Å². The number of hydrogen-bond donors (Lipinski definition) is 0. The lowest BCUT2D eigenvalue weighted by atomic mass is 10.0. The molecule has 1 fully saturated rings. The van der Waals surface area contributed by atoms with E-state index in [0.29, 0.717) is 12.0 Å². The molecule has 0 N–H and O–H groups in total. The highest BCUT2D eigenvalue weighted by Gasteiger charge is 2.31. The van der Waals surface area contributed by atoms with Gasteiger partial charge in [0.25, 0.3) is 0 Å². The number of piperazine rings is 1. The summed E-state index contributed by atoms with van der Waals surface area (Å²) < 4.78 is 6.57. The van der Waals surface area contributed by atoms with Gasteiger partial charge in [0.05, 0.1) is 22.0 Å². The Balaban J connectivity index is 1.40. The second-order valence-electron chi connectivity index (χ2n) is 9.32. The van der Waals surface area contributed by atoms with Crippen LogP contribution in [-0.4, -0.2) is 60.5 Å². The number of para-hydroxylation sites is 1. The highest BCUT2D eigenvalue weighted by molar-refractivity contribution is 8.01. The van der Waals surface area contributed by atoms with Crippen molar-refractivity contribution in [1.29, 1.82) is 0 Å². The first kappa shape index (κ1) is 23.4. The molecular weight excluding hydrogens is 460 g/mol. The topological polar surface area (TPSA) is 41.0 Å². The molecule has 3 aromatic rings. The van der Waals surface area contributed by atoms with Crippen molar-refractivity contribution in [3.8, 4) is 5.75 Å². The van der Waals surface area contributed by atoms with E-state index in [-0.39, 0.29) is 0 Å². The van der Waals surface area contributed by atoms with Crippen molar-refractivity contribution >= 4 is 34.6 Å². The SMILES string of the molecule is COc1ccc(CC[C@H]2CN(C3=Nc4ccccc4Sc4sc(C(C)C)nc43)CCN2C)cc1. The van der Waals surface area contributed by atoms with Crippen molar-refractivity contribution in [2.75, 3.05) is 33.8 Å². The summed E-state index contributed by atoms with van der Waals surface area (Å²) in [5, 5.41) is 1.19. The number of benzene rings is 2. The second kappa shape index (κ2) is 10.1. The van der Waals surface area contributed by atoms with Crippen LogP contribution in [0.25, 0.3) is 0 Å². The van der Waals surface area contributed by atoms with Crippen molar-refractivity contribution in [3.63, 3.8) is 0 Å². The maximum atomic E-state index is 5.31. The number of thiazole rings is 1. The summed E-state index contributed by atoms with van der Waals surface area (Å²) >= 11 is 3.64. The monoisotopic (exact) mass is 492 g/mol. The Kier molecular flexibility index (Phi) is 6.95. The number of fused-ring (bicyclic) bond motifs is 2. The van der Waals surface area contributed by atoms with Crippen LogP contribution in [0.1, 0.15) is 42.5 Å². The number of hydrogen-bond acceptors (Lipinski definition) is 7. The zero-order valence-corrected chi connectivity index (χ0v) is 22.0. The van der Waals surface area contributed by atoms with Crippen LogP contribution in [0.3, 0.4) is 0 Å². The summed E-state index contributed by atoms with van der Waals surface area (Å²) in [7, 11) is 3.97. The zero-order chi connectivity index (χ0) is 23.7. The van der Waals surface area contributed by atoms with Gasteiger partial charge in [-0.2, -0.15) is 0 Å². The fourth-order valence-electron chi connectivity index (χ4n) is 4.48. The van der Waals surface area contributed by atoms with E-state index in [9.17, 15) is 0 Å². The first-order chi connectivity index (χ1) is 16.5. The number of methoxy groups -OCH3 is 1.